The molecule has 2 N–H and O–H groups in total. The normalized spacial score (nSPS) is 10.5. The van der Waals surface area contributed by atoms with E-state index in [-0.39, 0.29) is 11.5 Å². The fourth-order valence-corrected chi connectivity index (χ4v) is 2.14. The zero-order chi connectivity index (χ0) is 14.8. The Bertz CT molecular complexity index is 797. The van der Waals surface area contributed by atoms with Crippen molar-refractivity contribution in [3.8, 4) is 22.5 Å². The summed E-state index contributed by atoms with van der Waals surface area (Å²) in [6.45, 7) is 0. The summed E-state index contributed by atoms with van der Waals surface area (Å²) in [7, 11) is 0. The first-order valence-electron chi connectivity index (χ1n) is 6.22. The fraction of sp³-hybridized carbons (Fsp3) is 0. The van der Waals surface area contributed by atoms with Crippen molar-refractivity contribution in [2.75, 3.05) is 5.73 Å². The van der Waals surface area contributed by atoms with Gasteiger partial charge in [0.05, 0.1) is 10.5 Å². The third-order valence-electron chi connectivity index (χ3n) is 3.10. The molecule has 0 aliphatic carbocycles. The Labute approximate surface area is 120 Å². The van der Waals surface area contributed by atoms with Crippen molar-refractivity contribution < 1.29 is 9.45 Å². The number of rotatable bonds is 3. The largest absolute Gasteiger partial charge is 0.380 e. The van der Waals surface area contributed by atoms with Crippen molar-refractivity contribution in [3.63, 3.8) is 0 Å². The van der Waals surface area contributed by atoms with Gasteiger partial charge in [-0.1, -0.05) is 47.6 Å². The maximum Gasteiger partial charge on any atom is 0.270 e. The molecule has 0 spiro atoms. The zero-order valence-corrected chi connectivity index (χ0v) is 10.9. The monoisotopic (exact) mass is 281 g/mol. The molecule has 2 aromatic carbocycles. The van der Waals surface area contributed by atoms with Crippen molar-refractivity contribution >= 4 is 11.5 Å². The van der Waals surface area contributed by atoms with E-state index in [1.165, 1.54) is 12.1 Å². The maximum atomic E-state index is 10.9. The number of nitrogens with two attached hydrogens (primary N) is 1. The van der Waals surface area contributed by atoms with Gasteiger partial charge < -0.3 is 10.3 Å². The number of non-ortho nitro benzene ring substituents is 1. The maximum absolute atomic E-state index is 10.9. The lowest BCUT2D eigenvalue weighted by Crippen LogP contribution is -1.90. The number of nitro groups is 1. The molecule has 6 nitrogen and oxygen atoms in total. The van der Waals surface area contributed by atoms with Gasteiger partial charge in [-0.05, 0) is 5.56 Å². The average molecular weight is 281 g/mol. The molecule has 0 saturated heterocycles. The Morgan fingerprint density at radius 2 is 1.76 bits per heavy atom. The number of nitrogens with zero attached hydrogens (tertiary/aromatic N) is 2. The van der Waals surface area contributed by atoms with Crippen LogP contribution in [0.25, 0.3) is 22.5 Å². The molecule has 0 aliphatic heterocycles. The minimum Gasteiger partial charge on any atom is -0.380 e. The molecule has 21 heavy (non-hydrogen) atoms. The molecule has 1 aromatic heterocycles. The van der Waals surface area contributed by atoms with Gasteiger partial charge in [0.2, 0.25) is 0 Å². The molecule has 104 valence electrons. The van der Waals surface area contributed by atoms with Crippen LogP contribution in [0.2, 0.25) is 0 Å². The van der Waals surface area contributed by atoms with E-state index in [2.05, 4.69) is 5.16 Å². The van der Waals surface area contributed by atoms with Crippen LogP contribution in [0.15, 0.2) is 59.1 Å². The summed E-state index contributed by atoms with van der Waals surface area (Å²) in [5, 5.41) is 14.7. The van der Waals surface area contributed by atoms with Crippen LogP contribution < -0.4 is 5.73 Å². The van der Waals surface area contributed by atoms with E-state index < -0.39 is 4.92 Å². The molecular formula is C15H11N3O3. The first-order chi connectivity index (χ1) is 10.2. The molecule has 6 heteroatoms. The average Bonchev–Trinajstić information content (AvgIpc) is 2.90. The Kier molecular flexibility index (Phi) is 3.12. The fourth-order valence-electron chi connectivity index (χ4n) is 2.14. The first kappa shape index (κ1) is 12.9. The number of nitro benzene ring substituents is 1. The minimum atomic E-state index is -0.453. The standard InChI is InChI=1S/C15H11N3O3/c16-15-13(10-5-2-1-3-6-10)14(21-17-15)11-7-4-8-12(9-11)18(19)20/h1-9H,(H2,16,17). The summed E-state index contributed by atoms with van der Waals surface area (Å²) >= 11 is 0. The highest BCUT2D eigenvalue weighted by Gasteiger charge is 2.19. The van der Waals surface area contributed by atoms with Crippen LogP contribution in [0.4, 0.5) is 11.5 Å². The molecular weight excluding hydrogens is 270 g/mol. The summed E-state index contributed by atoms with van der Waals surface area (Å²) in [6.07, 6.45) is 0. The summed E-state index contributed by atoms with van der Waals surface area (Å²) in [6, 6.07) is 15.6. The van der Waals surface area contributed by atoms with Gasteiger partial charge in [0.25, 0.3) is 5.69 Å². The van der Waals surface area contributed by atoms with Gasteiger partial charge >= 0.3 is 0 Å². The summed E-state index contributed by atoms with van der Waals surface area (Å²) < 4.78 is 5.27. The molecule has 3 aromatic rings. The minimum absolute atomic E-state index is 0.0125. The Hall–Kier alpha value is -3.15. The highest BCUT2D eigenvalue weighted by atomic mass is 16.6. The number of nitrogen functional groups attached to an aromatic ring is 1. The smallest absolute Gasteiger partial charge is 0.270 e. The van der Waals surface area contributed by atoms with E-state index >= 15 is 0 Å². The summed E-state index contributed by atoms with van der Waals surface area (Å²) in [5.74, 6) is 0.671. The topological polar surface area (TPSA) is 95.2 Å². The highest BCUT2D eigenvalue weighted by Crippen LogP contribution is 2.37. The first-order valence-corrected chi connectivity index (χ1v) is 6.22. The van der Waals surface area contributed by atoms with Gasteiger partial charge in [0, 0.05) is 17.7 Å². The molecule has 0 unspecified atom stereocenters. The van der Waals surface area contributed by atoms with Crippen LogP contribution >= 0.6 is 0 Å². The van der Waals surface area contributed by atoms with Gasteiger partial charge in [0.1, 0.15) is 0 Å². The molecule has 0 saturated carbocycles. The van der Waals surface area contributed by atoms with Gasteiger partial charge in [0.15, 0.2) is 11.6 Å². The van der Waals surface area contributed by atoms with Crippen molar-refractivity contribution in [2.24, 2.45) is 0 Å². The lowest BCUT2D eigenvalue weighted by atomic mass is 10.0. The zero-order valence-electron chi connectivity index (χ0n) is 10.9. The second kappa shape index (κ2) is 5.09. The molecule has 0 amide bonds. The van der Waals surface area contributed by atoms with Crippen LogP contribution in [0.5, 0.6) is 0 Å². The number of hydrogen-bond donors (Lipinski definition) is 1. The number of aromatic nitrogens is 1. The van der Waals surface area contributed by atoms with E-state index in [9.17, 15) is 10.1 Å². The predicted molar refractivity (Wildman–Crippen MR) is 78.4 cm³/mol. The van der Waals surface area contributed by atoms with Gasteiger partial charge in [-0.3, -0.25) is 10.1 Å². The van der Waals surface area contributed by atoms with Crippen LogP contribution in [-0.2, 0) is 0 Å². The van der Waals surface area contributed by atoms with Crippen molar-refractivity contribution in [1.29, 1.82) is 0 Å². The highest BCUT2D eigenvalue weighted by molar-refractivity contribution is 5.86. The van der Waals surface area contributed by atoms with Crippen molar-refractivity contribution in [3.05, 3.63) is 64.7 Å². The van der Waals surface area contributed by atoms with Gasteiger partial charge in [-0.25, -0.2) is 0 Å². The third kappa shape index (κ3) is 2.34. The second-order valence-corrected chi connectivity index (χ2v) is 4.45. The van der Waals surface area contributed by atoms with Crippen molar-refractivity contribution in [2.45, 2.75) is 0 Å². The lowest BCUT2D eigenvalue weighted by Gasteiger charge is -2.02. The third-order valence-corrected chi connectivity index (χ3v) is 3.10. The molecule has 0 aliphatic rings. The van der Waals surface area contributed by atoms with E-state index in [1.54, 1.807) is 12.1 Å². The molecule has 0 fully saturated rings. The van der Waals surface area contributed by atoms with Crippen LogP contribution in [0, 0.1) is 10.1 Å². The number of hydrogen-bond acceptors (Lipinski definition) is 5. The number of anilines is 1. The quantitative estimate of drug-likeness (QED) is 0.585. The van der Waals surface area contributed by atoms with Crippen LogP contribution in [0.1, 0.15) is 0 Å². The molecule has 0 radical (unpaired) electrons. The van der Waals surface area contributed by atoms with E-state index in [0.29, 0.717) is 16.9 Å². The predicted octanol–water partition coefficient (Wildman–Crippen LogP) is 3.50. The Balaban J connectivity index is 2.17. The van der Waals surface area contributed by atoms with E-state index in [4.69, 9.17) is 10.3 Å². The number of benzene rings is 2. The Morgan fingerprint density at radius 3 is 2.48 bits per heavy atom. The lowest BCUT2D eigenvalue weighted by molar-refractivity contribution is -0.384. The van der Waals surface area contributed by atoms with Gasteiger partial charge in [-0.2, -0.15) is 0 Å². The van der Waals surface area contributed by atoms with Crippen LogP contribution in [0.3, 0.4) is 0 Å². The summed E-state index contributed by atoms with van der Waals surface area (Å²) in [4.78, 5) is 10.4. The summed E-state index contributed by atoms with van der Waals surface area (Å²) in [5.41, 5.74) is 7.90. The van der Waals surface area contributed by atoms with Crippen molar-refractivity contribution in [1.82, 2.24) is 5.16 Å². The van der Waals surface area contributed by atoms with Gasteiger partial charge in [-0.15, -0.1) is 0 Å². The van der Waals surface area contributed by atoms with E-state index in [0.717, 1.165) is 5.56 Å². The second-order valence-electron chi connectivity index (χ2n) is 4.45. The SMILES string of the molecule is Nc1noc(-c2cccc([N+](=O)[O-])c2)c1-c1ccccc1. The molecule has 0 atom stereocenters. The molecule has 3 rings (SSSR count). The van der Waals surface area contributed by atoms with Crippen LogP contribution in [-0.4, -0.2) is 10.1 Å². The van der Waals surface area contributed by atoms with E-state index in [1.807, 2.05) is 30.3 Å². The molecule has 0 bridgehead atoms. The Morgan fingerprint density at radius 1 is 1.05 bits per heavy atom. The molecule has 1 heterocycles.